The summed E-state index contributed by atoms with van der Waals surface area (Å²) in [6, 6.07) is 7.02. The number of carbonyl (C=O) groups excluding carboxylic acids is 1. The number of methoxy groups -OCH3 is 1. The van der Waals surface area contributed by atoms with E-state index in [2.05, 4.69) is 10.4 Å². The lowest BCUT2D eigenvalue weighted by atomic mass is 10.2. The van der Waals surface area contributed by atoms with Crippen LogP contribution in [0.3, 0.4) is 0 Å². The lowest BCUT2D eigenvalue weighted by molar-refractivity contribution is -0.148. The molecule has 1 atom stereocenters. The summed E-state index contributed by atoms with van der Waals surface area (Å²) in [5.41, 5.74) is 2.47. The fraction of sp³-hybridized carbons (Fsp3) is 0.400. The molecule has 1 aromatic rings. The monoisotopic (exact) mass is 305 g/mol. The number of nitrogens with one attached hydrogen (secondary N) is 1. The van der Waals surface area contributed by atoms with Gasteiger partial charge in [0.15, 0.2) is 6.10 Å². The molecule has 0 aliphatic carbocycles. The number of carboxylic acid groups (broad SMARTS) is 1. The van der Waals surface area contributed by atoms with Crippen molar-refractivity contribution in [2.24, 2.45) is 5.10 Å². The van der Waals surface area contributed by atoms with Gasteiger partial charge in [0.1, 0.15) is 0 Å². The Morgan fingerprint density at radius 3 is 2.59 bits per heavy atom. The van der Waals surface area contributed by atoms with E-state index in [1.165, 1.54) is 7.11 Å². The number of hydrogen-bond acceptors (Lipinski definition) is 5. The van der Waals surface area contributed by atoms with Gasteiger partial charge >= 0.3 is 5.97 Å². The average Bonchev–Trinajstić information content (AvgIpc) is 2.94. The Morgan fingerprint density at radius 1 is 1.41 bits per heavy atom. The van der Waals surface area contributed by atoms with Crippen LogP contribution in [0, 0.1) is 0 Å². The standard InChI is InChI=1S/C15H19N3O4/c1-10-7-8-18(17-10)12-5-3-11(4-6-12)14(19)16-9-13(22-2)15(20)21/h3-6,13H,7-9H2,1-2H3,(H,16,19)(H,20,21). The Labute approximate surface area is 128 Å². The third kappa shape index (κ3) is 3.82. The van der Waals surface area contributed by atoms with Crippen LogP contribution in [0.2, 0.25) is 0 Å². The minimum absolute atomic E-state index is 0.0813. The predicted octanol–water partition coefficient (Wildman–Crippen LogP) is 1.10. The number of aliphatic carboxylic acids is 1. The number of anilines is 1. The van der Waals surface area contributed by atoms with Gasteiger partial charge < -0.3 is 15.2 Å². The molecule has 0 saturated carbocycles. The number of nitrogens with zero attached hydrogens (tertiary/aromatic N) is 2. The number of rotatable bonds is 6. The normalized spacial score (nSPS) is 15.4. The maximum Gasteiger partial charge on any atom is 0.334 e. The molecule has 1 aromatic carbocycles. The summed E-state index contributed by atoms with van der Waals surface area (Å²) in [7, 11) is 1.29. The summed E-state index contributed by atoms with van der Waals surface area (Å²) in [4.78, 5) is 22.8. The Morgan fingerprint density at radius 2 is 2.09 bits per heavy atom. The van der Waals surface area contributed by atoms with Crippen LogP contribution < -0.4 is 10.3 Å². The summed E-state index contributed by atoms with van der Waals surface area (Å²) in [6.45, 7) is 2.74. The molecule has 1 aliphatic heterocycles. The zero-order valence-electron chi connectivity index (χ0n) is 12.6. The second-order valence-electron chi connectivity index (χ2n) is 5.03. The van der Waals surface area contributed by atoms with Crippen LogP contribution in [-0.4, -0.2) is 49.0 Å². The van der Waals surface area contributed by atoms with Crippen LogP contribution in [0.25, 0.3) is 0 Å². The topological polar surface area (TPSA) is 91.2 Å². The van der Waals surface area contributed by atoms with Crippen molar-refractivity contribution in [3.63, 3.8) is 0 Å². The van der Waals surface area contributed by atoms with E-state index in [0.29, 0.717) is 5.56 Å². The van der Waals surface area contributed by atoms with Crippen LogP contribution in [0.5, 0.6) is 0 Å². The molecule has 0 spiro atoms. The number of carboxylic acids is 1. The molecule has 2 rings (SSSR count). The summed E-state index contributed by atoms with van der Waals surface area (Å²) in [5, 5.41) is 17.7. The zero-order chi connectivity index (χ0) is 16.1. The molecule has 1 unspecified atom stereocenters. The average molecular weight is 305 g/mol. The number of benzene rings is 1. The predicted molar refractivity (Wildman–Crippen MR) is 82.3 cm³/mol. The van der Waals surface area contributed by atoms with Gasteiger partial charge in [0.2, 0.25) is 0 Å². The highest BCUT2D eigenvalue weighted by molar-refractivity contribution is 5.95. The van der Waals surface area contributed by atoms with Crippen LogP contribution >= 0.6 is 0 Å². The van der Waals surface area contributed by atoms with Gasteiger partial charge in [-0.15, -0.1) is 0 Å². The summed E-state index contributed by atoms with van der Waals surface area (Å²) in [6.07, 6.45) is -0.110. The van der Waals surface area contributed by atoms with Gasteiger partial charge in [-0.25, -0.2) is 4.79 Å². The van der Waals surface area contributed by atoms with E-state index in [9.17, 15) is 9.59 Å². The fourth-order valence-corrected chi connectivity index (χ4v) is 2.10. The van der Waals surface area contributed by atoms with Crippen molar-refractivity contribution >= 4 is 23.3 Å². The van der Waals surface area contributed by atoms with Gasteiger partial charge in [-0.05, 0) is 31.2 Å². The molecule has 22 heavy (non-hydrogen) atoms. The lowest BCUT2D eigenvalue weighted by Gasteiger charge is -2.14. The molecular formula is C15H19N3O4. The molecule has 0 saturated heterocycles. The largest absolute Gasteiger partial charge is 0.479 e. The van der Waals surface area contributed by atoms with Crippen LogP contribution in [0.4, 0.5) is 5.69 Å². The van der Waals surface area contributed by atoms with E-state index in [1.54, 1.807) is 12.1 Å². The number of ether oxygens (including phenoxy) is 1. The zero-order valence-corrected chi connectivity index (χ0v) is 12.6. The second-order valence-corrected chi connectivity index (χ2v) is 5.03. The second kappa shape index (κ2) is 7.04. The van der Waals surface area contributed by atoms with Crippen molar-refractivity contribution < 1.29 is 19.4 Å². The minimum Gasteiger partial charge on any atom is -0.479 e. The molecule has 1 heterocycles. The van der Waals surface area contributed by atoms with Crippen molar-refractivity contribution in [2.45, 2.75) is 19.4 Å². The number of hydrazone groups is 1. The first kappa shape index (κ1) is 16.0. The molecule has 118 valence electrons. The number of hydrogen-bond donors (Lipinski definition) is 2. The van der Waals surface area contributed by atoms with Crippen molar-refractivity contribution in [3.8, 4) is 0 Å². The van der Waals surface area contributed by atoms with Crippen molar-refractivity contribution in [3.05, 3.63) is 29.8 Å². The van der Waals surface area contributed by atoms with Gasteiger partial charge in [0.05, 0.1) is 12.2 Å². The first-order valence-electron chi connectivity index (χ1n) is 6.96. The molecule has 2 N–H and O–H groups in total. The molecule has 7 nitrogen and oxygen atoms in total. The van der Waals surface area contributed by atoms with Gasteiger partial charge in [-0.3, -0.25) is 9.80 Å². The molecular weight excluding hydrogens is 286 g/mol. The molecule has 0 bridgehead atoms. The number of carbonyl (C=O) groups is 2. The highest BCUT2D eigenvalue weighted by Crippen LogP contribution is 2.19. The highest BCUT2D eigenvalue weighted by Gasteiger charge is 2.18. The Hall–Kier alpha value is -2.41. The van der Waals surface area contributed by atoms with Gasteiger partial charge in [0.25, 0.3) is 5.91 Å². The summed E-state index contributed by atoms with van der Waals surface area (Å²) in [5.74, 6) is -1.45. The Bertz CT molecular complexity index is 583. The third-order valence-electron chi connectivity index (χ3n) is 3.41. The van der Waals surface area contributed by atoms with Gasteiger partial charge in [0, 0.05) is 31.4 Å². The first-order chi connectivity index (χ1) is 10.5. The molecule has 1 amide bonds. The van der Waals surface area contributed by atoms with E-state index in [0.717, 1.165) is 24.4 Å². The Kier molecular flexibility index (Phi) is 5.11. The van der Waals surface area contributed by atoms with Crippen LogP contribution in [0.15, 0.2) is 29.4 Å². The summed E-state index contributed by atoms with van der Waals surface area (Å²) >= 11 is 0. The smallest absolute Gasteiger partial charge is 0.334 e. The fourth-order valence-electron chi connectivity index (χ4n) is 2.10. The van der Waals surface area contributed by atoms with Crippen molar-refractivity contribution in [1.29, 1.82) is 0 Å². The minimum atomic E-state index is -1.11. The number of amides is 1. The van der Waals surface area contributed by atoms with Crippen molar-refractivity contribution in [2.75, 3.05) is 25.2 Å². The Balaban J connectivity index is 1.95. The van der Waals surface area contributed by atoms with Crippen LogP contribution in [0.1, 0.15) is 23.7 Å². The van der Waals surface area contributed by atoms with E-state index in [-0.39, 0.29) is 12.5 Å². The van der Waals surface area contributed by atoms with E-state index >= 15 is 0 Å². The molecule has 0 aromatic heterocycles. The van der Waals surface area contributed by atoms with Crippen LogP contribution in [-0.2, 0) is 9.53 Å². The highest BCUT2D eigenvalue weighted by atomic mass is 16.5. The third-order valence-corrected chi connectivity index (χ3v) is 3.41. The molecule has 0 fully saturated rings. The molecule has 0 radical (unpaired) electrons. The van der Waals surface area contributed by atoms with E-state index in [1.807, 2.05) is 24.1 Å². The maximum atomic E-state index is 12.0. The lowest BCUT2D eigenvalue weighted by Crippen LogP contribution is -2.37. The molecule has 7 heteroatoms. The van der Waals surface area contributed by atoms with E-state index in [4.69, 9.17) is 9.84 Å². The quantitative estimate of drug-likeness (QED) is 0.821. The SMILES string of the molecule is COC(CNC(=O)c1ccc(N2CCC(C)=N2)cc1)C(=O)O. The first-order valence-corrected chi connectivity index (χ1v) is 6.96. The van der Waals surface area contributed by atoms with Gasteiger partial charge in [-0.1, -0.05) is 0 Å². The molecule has 1 aliphatic rings. The summed E-state index contributed by atoms with van der Waals surface area (Å²) < 4.78 is 4.76. The van der Waals surface area contributed by atoms with Crippen molar-refractivity contribution in [1.82, 2.24) is 5.32 Å². The van der Waals surface area contributed by atoms with Gasteiger partial charge in [-0.2, -0.15) is 5.10 Å². The van der Waals surface area contributed by atoms with E-state index < -0.39 is 12.1 Å². The maximum absolute atomic E-state index is 12.0.